The van der Waals surface area contributed by atoms with E-state index in [2.05, 4.69) is 14.9 Å². The minimum Gasteiger partial charge on any atom is -0.452 e. The van der Waals surface area contributed by atoms with Crippen LogP contribution in [-0.2, 0) is 16.1 Å². The fraction of sp³-hybridized carbons (Fsp3) is 0.385. The number of alkyl halides is 3. The molecule has 0 bridgehead atoms. The van der Waals surface area contributed by atoms with Crippen molar-refractivity contribution in [2.45, 2.75) is 24.9 Å². The monoisotopic (exact) mass is 547 g/mol. The molecule has 12 heteroatoms. The van der Waals surface area contributed by atoms with Crippen molar-refractivity contribution >= 4 is 34.5 Å². The fourth-order valence-corrected chi connectivity index (χ4v) is 5.04. The molecule has 200 valence electrons. The second-order valence-electron chi connectivity index (χ2n) is 9.40. The Bertz CT molecular complexity index is 1320. The Kier molecular flexibility index (Phi) is 7.51. The van der Waals surface area contributed by atoms with Crippen molar-refractivity contribution in [2.24, 2.45) is 0 Å². The molecule has 5 rings (SSSR count). The summed E-state index contributed by atoms with van der Waals surface area (Å²) in [6.45, 7) is 3.11. The van der Waals surface area contributed by atoms with Crippen molar-refractivity contribution in [1.82, 2.24) is 24.7 Å². The summed E-state index contributed by atoms with van der Waals surface area (Å²) < 4.78 is 44.0. The molecule has 2 atom stereocenters. The van der Waals surface area contributed by atoms with Gasteiger partial charge in [-0.3, -0.25) is 19.6 Å². The summed E-state index contributed by atoms with van der Waals surface area (Å²) in [5, 5.41) is 0.660. The summed E-state index contributed by atoms with van der Waals surface area (Å²) in [5.74, 6) is -2.73. The highest BCUT2D eigenvalue weighted by Crippen LogP contribution is 2.26. The number of rotatable bonds is 5. The van der Waals surface area contributed by atoms with Gasteiger partial charge in [-0.05, 0) is 29.8 Å². The van der Waals surface area contributed by atoms with Crippen LogP contribution in [0, 0.1) is 0 Å². The summed E-state index contributed by atoms with van der Waals surface area (Å²) in [5.41, 5.74) is 2.34. The highest BCUT2D eigenvalue weighted by molar-refractivity contribution is 6.30. The lowest BCUT2D eigenvalue weighted by atomic mass is 10.1. The van der Waals surface area contributed by atoms with Gasteiger partial charge in [0.25, 0.3) is 5.91 Å². The number of nitrogens with zero attached hydrogens (tertiary/aromatic N) is 5. The number of esters is 1. The van der Waals surface area contributed by atoms with Gasteiger partial charge in [-0.1, -0.05) is 35.9 Å². The first-order valence-corrected chi connectivity index (χ1v) is 12.5. The highest BCUT2D eigenvalue weighted by Gasteiger charge is 2.48. The van der Waals surface area contributed by atoms with Crippen LogP contribution in [0.4, 0.5) is 13.2 Å². The second kappa shape index (κ2) is 10.8. The Morgan fingerprint density at radius 1 is 0.974 bits per heavy atom. The van der Waals surface area contributed by atoms with Gasteiger partial charge in [-0.15, -0.1) is 0 Å². The zero-order valence-electron chi connectivity index (χ0n) is 20.3. The molecule has 2 fully saturated rings. The number of benzene rings is 2. The van der Waals surface area contributed by atoms with E-state index in [-0.39, 0.29) is 18.8 Å². The largest absolute Gasteiger partial charge is 0.490 e. The van der Waals surface area contributed by atoms with Gasteiger partial charge >= 0.3 is 12.1 Å². The van der Waals surface area contributed by atoms with Crippen molar-refractivity contribution in [3.8, 4) is 0 Å². The lowest BCUT2D eigenvalue weighted by Crippen LogP contribution is -2.54. The molecule has 0 N–H and O–H groups in total. The maximum absolute atomic E-state index is 13.3. The van der Waals surface area contributed by atoms with Crippen LogP contribution in [0.1, 0.15) is 16.1 Å². The van der Waals surface area contributed by atoms with E-state index in [1.807, 2.05) is 29.2 Å². The molecule has 1 aromatic heterocycles. The van der Waals surface area contributed by atoms with E-state index in [0.29, 0.717) is 48.8 Å². The number of fused-ring (bicyclic) bond motifs is 1. The number of halogens is 4. The Morgan fingerprint density at radius 2 is 1.66 bits per heavy atom. The summed E-state index contributed by atoms with van der Waals surface area (Å²) in [6.07, 6.45) is -4.89. The van der Waals surface area contributed by atoms with E-state index < -0.39 is 30.2 Å². The number of ether oxygens (including phenoxy) is 1. The van der Waals surface area contributed by atoms with E-state index in [0.717, 1.165) is 5.56 Å². The number of amides is 1. The molecule has 0 aliphatic carbocycles. The van der Waals surface area contributed by atoms with E-state index in [1.165, 1.54) is 11.1 Å². The van der Waals surface area contributed by atoms with Crippen LogP contribution in [0.15, 0.2) is 54.7 Å². The zero-order chi connectivity index (χ0) is 26.9. The zero-order valence-corrected chi connectivity index (χ0v) is 21.0. The van der Waals surface area contributed by atoms with Gasteiger partial charge in [0.2, 0.25) is 0 Å². The fourth-order valence-electron chi connectivity index (χ4n) is 4.92. The molecular formula is C26H25ClF3N5O3. The van der Waals surface area contributed by atoms with E-state index in [4.69, 9.17) is 16.3 Å². The first-order chi connectivity index (χ1) is 18.2. The van der Waals surface area contributed by atoms with Gasteiger partial charge in [0, 0.05) is 44.3 Å². The molecule has 0 radical (unpaired) electrons. The molecule has 2 aromatic carbocycles. The van der Waals surface area contributed by atoms with Gasteiger partial charge in [0.05, 0.1) is 29.8 Å². The molecule has 0 spiro atoms. The first kappa shape index (κ1) is 26.3. The van der Waals surface area contributed by atoms with Crippen LogP contribution in [0.3, 0.4) is 0 Å². The summed E-state index contributed by atoms with van der Waals surface area (Å²) in [6, 6.07) is 14.1. The highest BCUT2D eigenvalue weighted by atomic mass is 35.5. The number of carbonyl (C=O) groups is 2. The van der Waals surface area contributed by atoms with E-state index in [1.54, 1.807) is 24.3 Å². The number of aromatic nitrogens is 2. The molecular weight excluding hydrogens is 523 g/mol. The Hall–Kier alpha value is -3.28. The molecule has 8 nitrogen and oxygen atoms in total. The second-order valence-corrected chi connectivity index (χ2v) is 9.84. The van der Waals surface area contributed by atoms with E-state index >= 15 is 0 Å². The quantitative estimate of drug-likeness (QED) is 0.453. The Morgan fingerprint density at radius 3 is 2.34 bits per heavy atom. The number of hydrogen-bond acceptors (Lipinski definition) is 7. The van der Waals surface area contributed by atoms with Crippen molar-refractivity contribution in [1.29, 1.82) is 0 Å². The van der Waals surface area contributed by atoms with Gasteiger partial charge in [0.1, 0.15) is 11.8 Å². The Labute approximate surface area is 221 Å². The van der Waals surface area contributed by atoms with Gasteiger partial charge in [-0.25, -0.2) is 9.78 Å². The normalized spacial score (nSPS) is 21.1. The molecule has 38 heavy (non-hydrogen) atoms. The van der Waals surface area contributed by atoms with Crippen LogP contribution in [0.5, 0.6) is 0 Å². The standard InChI is InChI=1S/C26H25ClF3N5O3/c27-18-7-5-17(6-8-18)14-33-9-11-34(12-10-33)22-15-35(16-23(22)38-25(37)26(28,29)30)24(36)21-13-31-19-3-1-2-4-20(19)32-21/h1-8,13,22-23H,9-12,14-16H2/t22-,23-/m0/s1. The topological polar surface area (TPSA) is 78.9 Å². The van der Waals surface area contributed by atoms with Crippen molar-refractivity contribution in [3.63, 3.8) is 0 Å². The van der Waals surface area contributed by atoms with Crippen LogP contribution in [0.2, 0.25) is 5.02 Å². The minimum absolute atomic E-state index is 0.0815. The lowest BCUT2D eigenvalue weighted by Gasteiger charge is -2.39. The average Bonchev–Trinajstić information content (AvgIpc) is 3.33. The van der Waals surface area contributed by atoms with Crippen LogP contribution in [0.25, 0.3) is 11.0 Å². The average molecular weight is 548 g/mol. The van der Waals surface area contributed by atoms with Crippen molar-refractivity contribution in [2.75, 3.05) is 39.3 Å². The van der Waals surface area contributed by atoms with Gasteiger partial charge < -0.3 is 9.64 Å². The number of carbonyl (C=O) groups excluding carboxylic acids is 2. The first-order valence-electron chi connectivity index (χ1n) is 12.2. The van der Waals surface area contributed by atoms with Gasteiger partial charge in [0.15, 0.2) is 0 Å². The number of likely N-dealkylation sites (tertiary alicyclic amines) is 1. The molecule has 2 saturated heterocycles. The number of para-hydroxylation sites is 2. The maximum atomic E-state index is 13.3. The number of hydrogen-bond donors (Lipinski definition) is 0. The lowest BCUT2D eigenvalue weighted by molar-refractivity contribution is -0.206. The molecule has 2 aliphatic rings. The molecule has 2 aliphatic heterocycles. The Balaban J connectivity index is 1.28. The van der Waals surface area contributed by atoms with Crippen LogP contribution in [-0.4, -0.2) is 94.1 Å². The molecule has 3 aromatic rings. The third-order valence-electron chi connectivity index (χ3n) is 6.88. The summed E-state index contributed by atoms with van der Waals surface area (Å²) in [7, 11) is 0. The molecule has 0 unspecified atom stereocenters. The number of piperazine rings is 1. The summed E-state index contributed by atoms with van der Waals surface area (Å²) in [4.78, 5) is 39.2. The van der Waals surface area contributed by atoms with Gasteiger partial charge in [-0.2, -0.15) is 13.2 Å². The van der Waals surface area contributed by atoms with Crippen LogP contribution >= 0.6 is 11.6 Å². The minimum atomic E-state index is -5.12. The third-order valence-corrected chi connectivity index (χ3v) is 7.13. The predicted octanol–water partition coefficient (Wildman–Crippen LogP) is 3.40. The maximum Gasteiger partial charge on any atom is 0.490 e. The van der Waals surface area contributed by atoms with Crippen molar-refractivity contribution < 1.29 is 27.5 Å². The smallest absolute Gasteiger partial charge is 0.452 e. The molecule has 1 amide bonds. The van der Waals surface area contributed by atoms with E-state index in [9.17, 15) is 22.8 Å². The van der Waals surface area contributed by atoms with Crippen LogP contribution < -0.4 is 0 Å². The molecule has 3 heterocycles. The third kappa shape index (κ3) is 5.90. The molecule has 0 saturated carbocycles. The van der Waals surface area contributed by atoms with Crippen molar-refractivity contribution in [3.05, 3.63) is 71.0 Å². The predicted molar refractivity (Wildman–Crippen MR) is 133 cm³/mol. The SMILES string of the molecule is O=C(c1cnc2ccccc2n1)N1C[C@H](OC(=O)C(F)(F)F)[C@@H](N2CCN(Cc3ccc(Cl)cc3)CC2)C1. The summed E-state index contributed by atoms with van der Waals surface area (Å²) >= 11 is 5.96.